The molecule has 0 saturated heterocycles. The van der Waals surface area contributed by atoms with Crippen LogP contribution in [0, 0.1) is 4.91 Å². The Labute approximate surface area is 88.0 Å². The second-order valence-electron chi connectivity index (χ2n) is 1.58. The van der Waals surface area contributed by atoms with Gasteiger partial charge in [0.15, 0.2) is 0 Å². The summed E-state index contributed by atoms with van der Waals surface area (Å²) in [5.41, 5.74) is 0.0810. The summed E-state index contributed by atoms with van der Waals surface area (Å²) in [5.74, 6) is -0.0764. The van der Waals surface area contributed by atoms with Gasteiger partial charge in [-0.25, -0.2) is 0 Å². The number of benzene rings is 1. The summed E-state index contributed by atoms with van der Waals surface area (Å²) in [4.78, 5) is 9.82. The van der Waals surface area contributed by atoms with Crippen LogP contribution in [0.15, 0.2) is 29.4 Å². The number of para-hydroxylation sites is 1. The summed E-state index contributed by atoms with van der Waals surface area (Å²) in [7, 11) is 0. The molecule has 0 fully saturated rings. The predicted molar refractivity (Wildman–Crippen MR) is 42.1 cm³/mol. The molecule has 1 aromatic carbocycles. The topological polar surface area (TPSA) is 49.7 Å². The summed E-state index contributed by atoms with van der Waals surface area (Å²) in [6, 6.07) is 6.12. The van der Waals surface area contributed by atoms with E-state index in [1.807, 2.05) is 0 Å². The summed E-state index contributed by atoms with van der Waals surface area (Å²) in [6.07, 6.45) is 0. The maximum atomic E-state index is 9.82. The third-order valence-electron chi connectivity index (χ3n) is 0.980. The Hall–Kier alpha value is -0.120. The fraction of sp³-hybridized carbons (Fsp3) is 0. The van der Waals surface area contributed by atoms with E-state index in [-0.39, 0.29) is 49.2 Å². The van der Waals surface area contributed by atoms with Crippen molar-refractivity contribution in [1.29, 1.82) is 0 Å². The zero-order valence-electron chi connectivity index (χ0n) is 4.61. The molecule has 0 bridgehead atoms. The van der Waals surface area contributed by atoms with Gasteiger partial charge in [0.05, 0.1) is 0 Å². The number of nitrogens with zero attached hydrogens (tertiary/aromatic N) is 1. The van der Waals surface area contributed by atoms with Gasteiger partial charge < -0.3 is 5.11 Å². The molecule has 10 heavy (non-hydrogen) atoms. The number of nitroso groups, excluding NO2 is 1. The van der Waals surface area contributed by atoms with Gasteiger partial charge in [-0.2, -0.15) is 0 Å². The Morgan fingerprint density at radius 2 is 1.90 bits per heavy atom. The van der Waals surface area contributed by atoms with Gasteiger partial charge in [0, 0.05) is 0 Å². The summed E-state index contributed by atoms with van der Waals surface area (Å²) in [5, 5.41) is 11.4. The summed E-state index contributed by atoms with van der Waals surface area (Å²) >= 11 is 0. The van der Waals surface area contributed by atoms with E-state index in [9.17, 15) is 4.91 Å². The fourth-order valence-electron chi connectivity index (χ4n) is 0.541. The van der Waals surface area contributed by atoms with Crippen molar-refractivity contribution >= 4 is 43.4 Å². The monoisotopic (exact) mass is 165 g/mol. The molecule has 4 heteroatoms. The van der Waals surface area contributed by atoms with E-state index in [0.29, 0.717) is 0 Å². The van der Waals surface area contributed by atoms with E-state index in [2.05, 4.69) is 5.18 Å². The van der Waals surface area contributed by atoms with E-state index in [0.717, 1.165) is 0 Å². The molecule has 0 atom stereocenters. The van der Waals surface area contributed by atoms with Crippen LogP contribution < -0.4 is 0 Å². The number of phenols is 1. The van der Waals surface area contributed by atoms with Crippen LogP contribution in [0.4, 0.5) is 5.69 Å². The van der Waals surface area contributed by atoms with Crippen LogP contribution >= 0.6 is 0 Å². The minimum absolute atomic E-state index is 0. The fourth-order valence-corrected chi connectivity index (χ4v) is 0.541. The molecule has 50 valence electrons. The Balaban J connectivity index is 0.000000810. The Bertz CT molecular complexity index is 227. The van der Waals surface area contributed by atoms with Gasteiger partial charge in [0.25, 0.3) is 0 Å². The normalized spacial score (nSPS) is 8.00. The first kappa shape index (κ1) is 9.88. The second-order valence-corrected chi connectivity index (χ2v) is 1.58. The SMILES string of the molecule is O=Nc1ccccc1O.[CaH2]. The quantitative estimate of drug-likeness (QED) is 0.496. The van der Waals surface area contributed by atoms with E-state index in [4.69, 9.17) is 5.11 Å². The maximum absolute atomic E-state index is 9.82. The number of rotatable bonds is 1. The van der Waals surface area contributed by atoms with Crippen molar-refractivity contribution in [3.05, 3.63) is 29.2 Å². The van der Waals surface area contributed by atoms with Gasteiger partial charge in [0.1, 0.15) is 11.4 Å². The van der Waals surface area contributed by atoms with Crippen LogP contribution in [0.1, 0.15) is 0 Å². The Morgan fingerprint density at radius 1 is 1.30 bits per heavy atom. The third kappa shape index (κ3) is 2.25. The molecule has 0 aliphatic carbocycles. The average molecular weight is 165 g/mol. The Morgan fingerprint density at radius 3 is 2.30 bits per heavy atom. The number of aromatic hydroxyl groups is 1. The van der Waals surface area contributed by atoms with E-state index in [1.165, 1.54) is 12.1 Å². The number of phenolic OH excluding ortho intramolecular Hbond substituents is 1. The summed E-state index contributed by atoms with van der Waals surface area (Å²) < 4.78 is 0. The molecule has 1 N–H and O–H groups in total. The van der Waals surface area contributed by atoms with E-state index >= 15 is 0 Å². The zero-order valence-corrected chi connectivity index (χ0v) is 4.61. The van der Waals surface area contributed by atoms with Crippen molar-refractivity contribution in [2.24, 2.45) is 5.18 Å². The number of hydrogen-bond acceptors (Lipinski definition) is 3. The molecular formula is C6H7CaNO2. The standard InChI is InChI=1S/C6H5NO2.Ca.2H/c8-6-4-2-1-3-5(6)7-9;;;/h1-4,8H;;;. The van der Waals surface area contributed by atoms with Gasteiger partial charge in [0.2, 0.25) is 0 Å². The molecule has 0 amide bonds. The van der Waals surface area contributed by atoms with Gasteiger partial charge >= 0.3 is 37.7 Å². The molecule has 0 aliphatic heterocycles. The van der Waals surface area contributed by atoms with Crippen LogP contribution in [-0.4, -0.2) is 42.8 Å². The first-order chi connectivity index (χ1) is 4.34. The summed E-state index contributed by atoms with van der Waals surface area (Å²) in [6.45, 7) is 0. The van der Waals surface area contributed by atoms with E-state index < -0.39 is 0 Å². The van der Waals surface area contributed by atoms with Gasteiger partial charge in [-0.1, -0.05) is 12.1 Å². The van der Waals surface area contributed by atoms with Gasteiger partial charge in [-0.3, -0.25) is 0 Å². The van der Waals surface area contributed by atoms with Crippen molar-refractivity contribution in [1.82, 2.24) is 0 Å². The van der Waals surface area contributed by atoms with Crippen LogP contribution in [0.5, 0.6) is 5.75 Å². The molecule has 0 saturated carbocycles. The van der Waals surface area contributed by atoms with Gasteiger partial charge in [-0.05, 0) is 17.3 Å². The zero-order chi connectivity index (χ0) is 6.69. The predicted octanol–water partition coefficient (Wildman–Crippen LogP) is 0.874. The van der Waals surface area contributed by atoms with Crippen LogP contribution in [0.2, 0.25) is 0 Å². The molecule has 0 radical (unpaired) electrons. The van der Waals surface area contributed by atoms with E-state index in [1.54, 1.807) is 12.1 Å². The first-order valence-electron chi connectivity index (χ1n) is 2.46. The second kappa shape index (κ2) is 4.66. The third-order valence-corrected chi connectivity index (χ3v) is 0.980. The molecule has 1 rings (SSSR count). The van der Waals surface area contributed by atoms with Crippen LogP contribution in [-0.2, 0) is 0 Å². The molecule has 0 aromatic heterocycles. The van der Waals surface area contributed by atoms with Crippen molar-refractivity contribution in [2.45, 2.75) is 0 Å². The van der Waals surface area contributed by atoms with Crippen molar-refractivity contribution in [3.63, 3.8) is 0 Å². The molecule has 3 nitrogen and oxygen atoms in total. The molecule has 0 unspecified atom stereocenters. The van der Waals surface area contributed by atoms with Crippen molar-refractivity contribution in [3.8, 4) is 5.75 Å². The minimum atomic E-state index is -0.0764. The number of hydrogen-bond donors (Lipinski definition) is 1. The van der Waals surface area contributed by atoms with Crippen molar-refractivity contribution in [2.75, 3.05) is 0 Å². The molecule has 0 aliphatic rings. The first-order valence-corrected chi connectivity index (χ1v) is 2.46. The molecular weight excluding hydrogens is 158 g/mol. The van der Waals surface area contributed by atoms with Crippen LogP contribution in [0.25, 0.3) is 0 Å². The van der Waals surface area contributed by atoms with Crippen LogP contribution in [0.3, 0.4) is 0 Å². The average Bonchev–Trinajstić information content (AvgIpc) is 1.89. The molecule has 1 aromatic rings. The molecule has 0 heterocycles. The molecule has 0 spiro atoms. The van der Waals surface area contributed by atoms with Gasteiger partial charge in [-0.15, -0.1) is 4.91 Å². The Kier molecular flexibility index (Phi) is 4.60. The van der Waals surface area contributed by atoms with Crippen molar-refractivity contribution < 1.29 is 5.11 Å².